The van der Waals surface area contributed by atoms with Gasteiger partial charge in [-0.3, -0.25) is 20.4 Å². The lowest BCUT2D eigenvalue weighted by molar-refractivity contribution is -0.131. The van der Waals surface area contributed by atoms with E-state index >= 15 is 0 Å². The van der Waals surface area contributed by atoms with Crippen molar-refractivity contribution in [1.29, 1.82) is 0 Å². The van der Waals surface area contributed by atoms with Gasteiger partial charge in [-0.05, 0) is 37.1 Å². The summed E-state index contributed by atoms with van der Waals surface area (Å²) in [5, 5.41) is 2.94. The summed E-state index contributed by atoms with van der Waals surface area (Å²) in [4.78, 5) is 24.8. The summed E-state index contributed by atoms with van der Waals surface area (Å²) in [6.07, 6.45) is 1.11. The third-order valence-electron chi connectivity index (χ3n) is 5.01. The zero-order chi connectivity index (χ0) is 22.3. The minimum absolute atomic E-state index is 0.0679. The molecule has 0 saturated carbocycles. The maximum Gasteiger partial charge on any atom is 0.257 e. The van der Waals surface area contributed by atoms with Gasteiger partial charge >= 0.3 is 0 Å². The van der Waals surface area contributed by atoms with Gasteiger partial charge < -0.3 is 10.1 Å². The van der Waals surface area contributed by atoms with Crippen molar-refractivity contribution in [3.8, 4) is 5.75 Å². The van der Waals surface area contributed by atoms with Crippen molar-refractivity contribution in [1.82, 2.24) is 15.2 Å². The minimum atomic E-state index is -3.66. The quantitative estimate of drug-likeness (QED) is 0.553. The number of hydrogen-bond acceptors (Lipinski definition) is 6. The predicted molar refractivity (Wildman–Crippen MR) is 116 cm³/mol. The van der Waals surface area contributed by atoms with E-state index in [-0.39, 0.29) is 18.0 Å². The molecule has 0 spiro atoms. The Morgan fingerprint density at radius 3 is 2.52 bits per heavy atom. The van der Waals surface area contributed by atoms with Gasteiger partial charge in [-0.15, -0.1) is 0 Å². The minimum Gasteiger partial charge on any atom is -0.495 e. The van der Waals surface area contributed by atoms with Crippen LogP contribution in [0.25, 0.3) is 0 Å². The second-order valence-corrected chi connectivity index (χ2v) is 9.04. The summed E-state index contributed by atoms with van der Waals surface area (Å²) in [5.74, 6) is -0.807. The van der Waals surface area contributed by atoms with Gasteiger partial charge in [-0.2, -0.15) is 4.31 Å². The van der Waals surface area contributed by atoms with Gasteiger partial charge in [0.2, 0.25) is 15.9 Å². The largest absolute Gasteiger partial charge is 0.495 e. The first-order valence-corrected chi connectivity index (χ1v) is 11.4. The molecule has 1 unspecified atom stereocenters. The molecule has 3 N–H and O–H groups in total. The number of methoxy groups -OCH3 is 1. The lowest BCUT2D eigenvalue weighted by Gasteiger charge is -2.31. The molecular formula is C21H26N4O5S. The highest BCUT2D eigenvalue weighted by Crippen LogP contribution is 2.24. The Morgan fingerprint density at radius 1 is 1.06 bits per heavy atom. The number of piperidine rings is 1. The van der Waals surface area contributed by atoms with Crippen LogP contribution in [0, 0.1) is 5.92 Å². The van der Waals surface area contributed by atoms with Crippen LogP contribution in [0.4, 0.5) is 5.69 Å². The predicted octanol–water partition coefficient (Wildman–Crippen LogP) is 1.36. The monoisotopic (exact) mass is 446 g/mol. The molecule has 9 nitrogen and oxygen atoms in total. The average molecular weight is 447 g/mol. The molecule has 1 aliphatic rings. The van der Waals surface area contributed by atoms with Gasteiger partial charge in [-0.1, -0.05) is 30.3 Å². The van der Waals surface area contributed by atoms with E-state index < -0.39 is 27.8 Å². The van der Waals surface area contributed by atoms with Crippen molar-refractivity contribution in [3.63, 3.8) is 0 Å². The van der Waals surface area contributed by atoms with Crippen molar-refractivity contribution in [2.24, 2.45) is 5.92 Å². The third kappa shape index (κ3) is 5.74. The lowest BCUT2D eigenvalue weighted by Crippen LogP contribution is -2.50. The molecular weight excluding hydrogens is 420 g/mol. The molecule has 1 aliphatic heterocycles. The molecule has 1 atom stereocenters. The Kier molecular flexibility index (Phi) is 7.48. The number of ether oxygens (including phenoxy) is 1. The molecule has 0 aliphatic carbocycles. The second kappa shape index (κ2) is 10.3. The highest BCUT2D eigenvalue weighted by molar-refractivity contribution is 7.89. The Bertz CT molecular complexity index is 1010. The number of sulfonamides is 1. The summed E-state index contributed by atoms with van der Waals surface area (Å²) in [6.45, 7) is 0.356. The summed E-state index contributed by atoms with van der Waals surface area (Å²) >= 11 is 0. The molecule has 10 heteroatoms. The average Bonchev–Trinajstić information content (AvgIpc) is 2.82. The van der Waals surface area contributed by atoms with Gasteiger partial charge in [-0.25, -0.2) is 8.42 Å². The van der Waals surface area contributed by atoms with E-state index in [1.165, 1.54) is 23.5 Å². The second-order valence-electron chi connectivity index (χ2n) is 7.11. The van der Waals surface area contributed by atoms with Crippen LogP contribution in [0.2, 0.25) is 0 Å². The fraction of sp³-hybridized carbons (Fsp3) is 0.333. The number of amides is 2. The Balaban J connectivity index is 1.50. The van der Waals surface area contributed by atoms with E-state index in [4.69, 9.17) is 4.74 Å². The van der Waals surface area contributed by atoms with E-state index in [2.05, 4.69) is 16.2 Å². The van der Waals surface area contributed by atoms with Crippen molar-refractivity contribution in [3.05, 3.63) is 54.6 Å². The van der Waals surface area contributed by atoms with Gasteiger partial charge in [0.1, 0.15) is 5.75 Å². The number of rotatable bonds is 7. The van der Waals surface area contributed by atoms with Gasteiger partial charge in [0, 0.05) is 13.1 Å². The van der Waals surface area contributed by atoms with Crippen LogP contribution in [0.3, 0.4) is 0 Å². The number of anilines is 1. The number of para-hydroxylation sites is 2. The van der Waals surface area contributed by atoms with Crippen molar-refractivity contribution in [2.75, 3.05) is 32.1 Å². The highest BCUT2D eigenvalue weighted by Gasteiger charge is 2.33. The summed E-state index contributed by atoms with van der Waals surface area (Å²) < 4.78 is 32.1. The molecule has 2 amide bonds. The van der Waals surface area contributed by atoms with Crippen molar-refractivity contribution in [2.45, 2.75) is 17.7 Å². The van der Waals surface area contributed by atoms with Crippen molar-refractivity contribution >= 4 is 27.5 Å². The molecule has 31 heavy (non-hydrogen) atoms. The number of carbonyl (C=O) groups is 2. The third-order valence-corrected chi connectivity index (χ3v) is 6.89. The molecule has 2 aromatic rings. The molecule has 3 rings (SSSR count). The number of benzene rings is 2. The van der Waals surface area contributed by atoms with Crippen LogP contribution in [0.1, 0.15) is 12.8 Å². The van der Waals surface area contributed by atoms with Crippen molar-refractivity contribution < 1.29 is 22.7 Å². The van der Waals surface area contributed by atoms with Crippen LogP contribution in [0.5, 0.6) is 5.75 Å². The fourth-order valence-electron chi connectivity index (χ4n) is 3.36. The van der Waals surface area contributed by atoms with E-state index in [9.17, 15) is 18.0 Å². The smallest absolute Gasteiger partial charge is 0.257 e. The normalized spacial score (nSPS) is 16.9. The number of nitrogens with one attached hydrogen (secondary N) is 3. The SMILES string of the molecule is COc1ccccc1NCC(=O)NNC(=O)C1CCCN(S(=O)(=O)c2ccccc2)C1. The Morgan fingerprint density at radius 2 is 1.77 bits per heavy atom. The lowest BCUT2D eigenvalue weighted by atomic mass is 9.99. The van der Waals surface area contributed by atoms with Crippen LogP contribution in [0.15, 0.2) is 59.5 Å². The van der Waals surface area contributed by atoms with Gasteiger partial charge in [0.05, 0.1) is 30.2 Å². The maximum absolute atomic E-state index is 12.8. The number of hydrazine groups is 1. The zero-order valence-corrected chi connectivity index (χ0v) is 18.0. The molecule has 0 radical (unpaired) electrons. The molecule has 166 valence electrons. The van der Waals surface area contributed by atoms with Gasteiger partial charge in [0.15, 0.2) is 0 Å². The Hall–Kier alpha value is -3.11. The maximum atomic E-state index is 12.8. The fourth-order valence-corrected chi connectivity index (χ4v) is 4.90. The summed E-state index contributed by atoms with van der Waals surface area (Å²) in [6, 6.07) is 15.3. The van der Waals surface area contributed by atoms with Gasteiger partial charge in [0.25, 0.3) is 5.91 Å². The zero-order valence-electron chi connectivity index (χ0n) is 17.2. The Labute approximate surface area is 181 Å². The first kappa shape index (κ1) is 22.6. The van der Waals surface area contributed by atoms with E-state index in [1.807, 2.05) is 12.1 Å². The topological polar surface area (TPSA) is 117 Å². The summed E-state index contributed by atoms with van der Waals surface area (Å²) in [7, 11) is -2.13. The van der Waals surface area contributed by atoms with Crippen LogP contribution >= 0.6 is 0 Å². The molecule has 1 saturated heterocycles. The number of nitrogens with zero attached hydrogens (tertiary/aromatic N) is 1. The molecule has 1 heterocycles. The van der Waals surface area contributed by atoms with E-state index in [0.717, 1.165) is 0 Å². The van der Waals surface area contributed by atoms with Crippen LogP contribution in [-0.2, 0) is 19.6 Å². The van der Waals surface area contributed by atoms with E-state index in [1.54, 1.807) is 30.3 Å². The van der Waals surface area contributed by atoms with E-state index in [0.29, 0.717) is 30.8 Å². The molecule has 1 fully saturated rings. The number of carbonyl (C=O) groups excluding carboxylic acids is 2. The highest BCUT2D eigenvalue weighted by atomic mass is 32.2. The van der Waals surface area contributed by atoms with Crippen LogP contribution in [-0.4, -0.2) is 51.3 Å². The molecule has 0 aromatic heterocycles. The number of hydrogen-bond donors (Lipinski definition) is 3. The standard InChI is InChI=1S/C21H26N4O5S/c1-30-19-12-6-5-11-18(19)22-14-20(26)23-24-21(27)16-8-7-13-25(15-16)31(28,29)17-9-3-2-4-10-17/h2-6,9-12,16,22H,7-8,13-15H2,1H3,(H,23,26)(H,24,27). The first-order valence-electron chi connectivity index (χ1n) is 9.92. The molecule has 0 bridgehead atoms. The summed E-state index contributed by atoms with van der Waals surface area (Å²) in [5.41, 5.74) is 5.41. The van der Waals surface area contributed by atoms with Crippen LogP contribution < -0.4 is 20.9 Å². The molecule has 2 aromatic carbocycles. The first-order chi connectivity index (χ1) is 14.9.